The zero-order valence-corrected chi connectivity index (χ0v) is 10.3. The minimum Gasteiger partial charge on any atom is -0.390 e. The van der Waals surface area contributed by atoms with Gasteiger partial charge < -0.3 is 5.11 Å². The van der Waals surface area contributed by atoms with Gasteiger partial charge in [-0.25, -0.2) is 9.97 Å². The second kappa shape index (κ2) is 4.67. The molecule has 5 heteroatoms. The number of aryl methyl sites for hydroxylation is 1. The fourth-order valence-electron chi connectivity index (χ4n) is 1.38. The number of nitrogens with zero attached hydrogens (tertiary/aromatic N) is 3. The van der Waals surface area contributed by atoms with Gasteiger partial charge in [0.1, 0.15) is 0 Å². The molecule has 1 N–H and O–H groups in total. The minimum absolute atomic E-state index is 0.0855. The molecule has 0 aromatic carbocycles. The highest BCUT2D eigenvalue weighted by Gasteiger charge is 2.05. The van der Waals surface area contributed by atoms with Crippen molar-refractivity contribution in [3.8, 4) is 11.4 Å². The van der Waals surface area contributed by atoms with E-state index < -0.39 is 0 Å². The number of pyridine rings is 1. The van der Waals surface area contributed by atoms with E-state index in [9.17, 15) is 0 Å². The van der Waals surface area contributed by atoms with Crippen LogP contribution in [0.5, 0.6) is 0 Å². The Morgan fingerprint density at radius 1 is 1.25 bits per heavy atom. The van der Waals surface area contributed by atoms with Crippen molar-refractivity contribution < 1.29 is 5.11 Å². The van der Waals surface area contributed by atoms with Gasteiger partial charge in [0.25, 0.3) is 0 Å². The Hall–Kier alpha value is -1.33. The molecule has 82 valence electrons. The van der Waals surface area contributed by atoms with E-state index in [1.54, 1.807) is 18.5 Å². The van der Waals surface area contributed by atoms with Gasteiger partial charge in [-0.05, 0) is 35.0 Å². The van der Waals surface area contributed by atoms with Crippen molar-refractivity contribution in [1.29, 1.82) is 0 Å². The zero-order chi connectivity index (χ0) is 11.5. The first kappa shape index (κ1) is 11.2. The highest BCUT2D eigenvalue weighted by atomic mass is 79.9. The third-order valence-electron chi connectivity index (χ3n) is 2.03. The third kappa shape index (κ3) is 2.43. The molecule has 0 saturated heterocycles. The summed E-state index contributed by atoms with van der Waals surface area (Å²) in [6.07, 6.45) is 3.40. The second-order valence-electron chi connectivity index (χ2n) is 3.37. The van der Waals surface area contributed by atoms with Crippen molar-refractivity contribution in [3.63, 3.8) is 0 Å². The largest absolute Gasteiger partial charge is 0.390 e. The fraction of sp³-hybridized carbons (Fsp3) is 0.182. The fourth-order valence-corrected chi connectivity index (χ4v) is 1.74. The Kier molecular flexibility index (Phi) is 3.26. The molecular weight excluding hydrogens is 270 g/mol. The molecule has 2 aromatic rings. The van der Waals surface area contributed by atoms with E-state index in [1.807, 2.05) is 13.0 Å². The van der Waals surface area contributed by atoms with Gasteiger partial charge in [-0.1, -0.05) is 0 Å². The summed E-state index contributed by atoms with van der Waals surface area (Å²) in [6.45, 7) is 1.79. The lowest BCUT2D eigenvalue weighted by molar-refractivity contribution is 0.276. The lowest BCUT2D eigenvalue weighted by atomic mass is 10.2. The predicted octanol–water partition coefficient (Wildman–Crippen LogP) is 2.10. The van der Waals surface area contributed by atoms with Gasteiger partial charge in [0.05, 0.1) is 12.3 Å². The van der Waals surface area contributed by atoms with Crippen LogP contribution in [0.2, 0.25) is 0 Å². The molecule has 2 aromatic heterocycles. The maximum Gasteiger partial charge on any atom is 0.161 e. The third-order valence-corrected chi connectivity index (χ3v) is 2.47. The van der Waals surface area contributed by atoms with Gasteiger partial charge in [0.15, 0.2) is 5.82 Å². The average Bonchev–Trinajstić information content (AvgIpc) is 2.28. The first-order chi connectivity index (χ1) is 7.69. The van der Waals surface area contributed by atoms with Gasteiger partial charge in [-0.15, -0.1) is 0 Å². The van der Waals surface area contributed by atoms with Crippen LogP contribution in [0, 0.1) is 6.92 Å². The number of hydrogen-bond donors (Lipinski definition) is 1. The highest BCUT2D eigenvalue weighted by Crippen LogP contribution is 2.18. The summed E-state index contributed by atoms with van der Waals surface area (Å²) in [7, 11) is 0. The number of aliphatic hydroxyl groups excluding tert-OH is 1. The minimum atomic E-state index is -0.0855. The normalized spacial score (nSPS) is 10.4. The lowest BCUT2D eigenvalue weighted by Crippen LogP contribution is -1.98. The van der Waals surface area contributed by atoms with E-state index in [0.717, 1.165) is 15.7 Å². The average molecular weight is 280 g/mol. The number of hydrogen-bond acceptors (Lipinski definition) is 4. The molecule has 0 spiro atoms. The summed E-state index contributed by atoms with van der Waals surface area (Å²) in [6, 6.07) is 3.65. The molecule has 0 radical (unpaired) electrons. The van der Waals surface area contributed by atoms with E-state index in [1.165, 1.54) is 0 Å². The quantitative estimate of drug-likeness (QED) is 0.915. The molecule has 0 aliphatic rings. The first-order valence-electron chi connectivity index (χ1n) is 4.75. The van der Waals surface area contributed by atoms with Crippen LogP contribution in [0.4, 0.5) is 0 Å². The molecule has 2 rings (SSSR count). The van der Waals surface area contributed by atoms with E-state index in [4.69, 9.17) is 5.11 Å². The van der Waals surface area contributed by atoms with Gasteiger partial charge in [-0.2, -0.15) is 0 Å². The molecule has 4 nitrogen and oxygen atoms in total. The zero-order valence-electron chi connectivity index (χ0n) is 8.68. The molecule has 0 atom stereocenters. The van der Waals surface area contributed by atoms with Crippen LogP contribution in [0.3, 0.4) is 0 Å². The molecule has 0 amide bonds. The summed E-state index contributed by atoms with van der Waals surface area (Å²) in [4.78, 5) is 12.6. The maximum atomic E-state index is 9.07. The Labute approximate surface area is 102 Å². The summed E-state index contributed by atoms with van der Waals surface area (Å²) in [5.41, 5.74) is 2.27. The Morgan fingerprint density at radius 3 is 2.75 bits per heavy atom. The van der Waals surface area contributed by atoms with Crippen LogP contribution in [0.25, 0.3) is 11.4 Å². The van der Waals surface area contributed by atoms with Crippen LogP contribution < -0.4 is 0 Å². The summed E-state index contributed by atoms with van der Waals surface area (Å²) in [5.74, 6) is 0.581. The molecule has 16 heavy (non-hydrogen) atoms. The standard InChI is InChI=1S/C11H10BrN3O/c1-7-2-10(6-16)15-11(14-7)8-3-9(12)5-13-4-8/h2-5,16H,6H2,1H3. The van der Waals surface area contributed by atoms with Crippen molar-refractivity contribution in [2.24, 2.45) is 0 Å². The summed E-state index contributed by atoms with van der Waals surface area (Å²) >= 11 is 3.35. The Balaban J connectivity index is 2.51. The molecule has 0 aliphatic heterocycles. The van der Waals surface area contributed by atoms with Crippen molar-refractivity contribution in [2.45, 2.75) is 13.5 Å². The first-order valence-corrected chi connectivity index (χ1v) is 5.54. The van der Waals surface area contributed by atoms with Crippen molar-refractivity contribution in [1.82, 2.24) is 15.0 Å². The molecular formula is C11H10BrN3O. The maximum absolute atomic E-state index is 9.07. The summed E-state index contributed by atoms with van der Waals surface area (Å²) < 4.78 is 0.876. The second-order valence-corrected chi connectivity index (χ2v) is 4.29. The molecule has 2 heterocycles. The van der Waals surface area contributed by atoms with Crippen LogP contribution in [-0.4, -0.2) is 20.1 Å². The van der Waals surface area contributed by atoms with Crippen molar-refractivity contribution >= 4 is 15.9 Å². The molecule has 0 bridgehead atoms. The van der Waals surface area contributed by atoms with Crippen molar-refractivity contribution in [2.75, 3.05) is 0 Å². The molecule has 0 fully saturated rings. The molecule has 0 unspecified atom stereocenters. The lowest BCUT2D eigenvalue weighted by Gasteiger charge is -2.04. The van der Waals surface area contributed by atoms with E-state index in [0.29, 0.717) is 11.5 Å². The van der Waals surface area contributed by atoms with E-state index in [-0.39, 0.29) is 6.61 Å². The van der Waals surface area contributed by atoms with Gasteiger partial charge in [0, 0.05) is 28.1 Å². The predicted molar refractivity (Wildman–Crippen MR) is 63.6 cm³/mol. The van der Waals surface area contributed by atoms with Crippen molar-refractivity contribution in [3.05, 3.63) is 40.4 Å². The number of halogens is 1. The van der Waals surface area contributed by atoms with E-state index in [2.05, 4.69) is 30.9 Å². The topological polar surface area (TPSA) is 58.9 Å². The van der Waals surface area contributed by atoms with Gasteiger partial charge in [0.2, 0.25) is 0 Å². The van der Waals surface area contributed by atoms with Gasteiger partial charge >= 0.3 is 0 Å². The van der Waals surface area contributed by atoms with Crippen LogP contribution in [0.1, 0.15) is 11.4 Å². The number of rotatable bonds is 2. The molecule has 0 aliphatic carbocycles. The van der Waals surface area contributed by atoms with E-state index >= 15 is 0 Å². The SMILES string of the molecule is Cc1cc(CO)nc(-c2cncc(Br)c2)n1. The van der Waals surface area contributed by atoms with Crippen LogP contribution in [-0.2, 0) is 6.61 Å². The number of aliphatic hydroxyl groups is 1. The number of aromatic nitrogens is 3. The monoisotopic (exact) mass is 279 g/mol. The summed E-state index contributed by atoms with van der Waals surface area (Å²) in [5, 5.41) is 9.07. The van der Waals surface area contributed by atoms with Crippen LogP contribution >= 0.6 is 15.9 Å². The highest BCUT2D eigenvalue weighted by molar-refractivity contribution is 9.10. The molecule has 0 saturated carbocycles. The van der Waals surface area contributed by atoms with Gasteiger partial charge in [-0.3, -0.25) is 4.98 Å². The van der Waals surface area contributed by atoms with Crippen LogP contribution in [0.15, 0.2) is 29.0 Å². The Morgan fingerprint density at radius 2 is 2.06 bits per heavy atom. The smallest absolute Gasteiger partial charge is 0.161 e. The Bertz CT molecular complexity index is 516.